The summed E-state index contributed by atoms with van der Waals surface area (Å²) in [5.41, 5.74) is 1.05. The molecule has 2 rings (SSSR count). The number of carbonyl (C=O) groups excluding carboxylic acids is 1. The average Bonchev–Trinajstić information content (AvgIpc) is 2.53. The van der Waals surface area contributed by atoms with Crippen LogP contribution in [0.5, 0.6) is 0 Å². The Morgan fingerprint density at radius 3 is 2.36 bits per heavy atom. The molecule has 0 unspecified atom stereocenters. The predicted octanol–water partition coefficient (Wildman–Crippen LogP) is 4.12. The number of Topliss-reactive ketones (excluding diaryl/α,β-unsaturated/α-hetero) is 1. The highest BCUT2D eigenvalue weighted by Crippen LogP contribution is 2.22. The maximum Gasteiger partial charge on any atom is 0.138 e. The lowest BCUT2D eigenvalue weighted by atomic mass is 9.91. The summed E-state index contributed by atoms with van der Waals surface area (Å²) in [6, 6.07) is 14.4. The number of fused-ring (bicyclic) bond motifs is 1. The molecule has 2 aromatic rings. The Bertz CT molecular complexity index is 710. The zero-order chi connectivity index (χ0) is 18.6. The molecule has 0 fully saturated rings. The highest BCUT2D eigenvalue weighted by Gasteiger charge is 2.27. The van der Waals surface area contributed by atoms with E-state index < -0.39 is 6.10 Å². The average molecular weight is 341 g/mol. The van der Waals surface area contributed by atoms with Gasteiger partial charge in [0.25, 0.3) is 0 Å². The van der Waals surface area contributed by atoms with Crippen molar-refractivity contribution in [3.63, 3.8) is 0 Å². The van der Waals surface area contributed by atoms with Crippen LogP contribution < -0.4 is 5.32 Å². The largest absolute Gasteiger partial charge is 0.391 e. The molecular formula is C22H31NO2. The zero-order valence-corrected chi connectivity index (χ0v) is 16.0. The van der Waals surface area contributed by atoms with Gasteiger partial charge in [0, 0.05) is 23.9 Å². The second-order valence-corrected chi connectivity index (χ2v) is 8.24. The fourth-order valence-electron chi connectivity index (χ4n) is 3.13. The van der Waals surface area contributed by atoms with Crippen LogP contribution in [0.1, 0.15) is 46.6 Å². The van der Waals surface area contributed by atoms with Crippen LogP contribution in [0.25, 0.3) is 10.8 Å². The molecule has 0 spiro atoms. The predicted molar refractivity (Wildman–Crippen MR) is 105 cm³/mol. The van der Waals surface area contributed by atoms with Crippen LogP contribution in [0.3, 0.4) is 0 Å². The summed E-state index contributed by atoms with van der Waals surface area (Å²) in [5, 5.41) is 16.7. The van der Waals surface area contributed by atoms with Crippen LogP contribution >= 0.6 is 0 Å². The van der Waals surface area contributed by atoms with Crippen molar-refractivity contribution in [1.29, 1.82) is 0 Å². The van der Waals surface area contributed by atoms with Gasteiger partial charge in [-0.1, -0.05) is 56.3 Å². The van der Waals surface area contributed by atoms with E-state index in [1.165, 1.54) is 16.3 Å². The molecule has 3 heteroatoms. The zero-order valence-electron chi connectivity index (χ0n) is 16.0. The van der Waals surface area contributed by atoms with E-state index in [4.69, 9.17) is 0 Å². The lowest BCUT2D eigenvalue weighted by Crippen LogP contribution is -2.51. The van der Waals surface area contributed by atoms with Crippen molar-refractivity contribution < 1.29 is 9.90 Å². The van der Waals surface area contributed by atoms with Gasteiger partial charge in [-0.25, -0.2) is 0 Å². The topological polar surface area (TPSA) is 49.3 Å². The molecule has 2 atom stereocenters. The van der Waals surface area contributed by atoms with E-state index >= 15 is 0 Å². The van der Waals surface area contributed by atoms with Crippen molar-refractivity contribution in [2.45, 2.75) is 65.1 Å². The first-order chi connectivity index (χ1) is 11.7. The fourth-order valence-corrected chi connectivity index (χ4v) is 3.13. The van der Waals surface area contributed by atoms with Crippen molar-refractivity contribution in [3.05, 3.63) is 48.0 Å². The van der Waals surface area contributed by atoms with E-state index in [9.17, 15) is 9.90 Å². The summed E-state index contributed by atoms with van der Waals surface area (Å²) in [6.45, 7) is 10.0. The van der Waals surface area contributed by atoms with Crippen LogP contribution in [0.2, 0.25) is 0 Å². The first-order valence-corrected chi connectivity index (χ1v) is 9.12. The van der Waals surface area contributed by atoms with Gasteiger partial charge in [0.1, 0.15) is 5.78 Å². The number of hydrogen-bond donors (Lipinski definition) is 2. The van der Waals surface area contributed by atoms with Crippen LogP contribution in [0.4, 0.5) is 0 Å². The van der Waals surface area contributed by atoms with Crippen molar-refractivity contribution in [2.24, 2.45) is 5.92 Å². The van der Waals surface area contributed by atoms with E-state index in [2.05, 4.69) is 56.4 Å². The number of hydrogen-bond acceptors (Lipinski definition) is 3. The van der Waals surface area contributed by atoms with Gasteiger partial charge in [-0.15, -0.1) is 0 Å². The monoisotopic (exact) mass is 341 g/mol. The maximum atomic E-state index is 12.1. The molecular weight excluding hydrogens is 310 g/mol. The van der Waals surface area contributed by atoms with Crippen molar-refractivity contribution in [1.82, 2.24) is 5.32 Å². The molecule has 136 valence electrons. The number of aliphatic hydroxyl groups is 1. The first-order valence-electron chi connectivity index (χ1n) is 9.12. The number of ketones is 1. The number of rotatable bonds is 7. The van der Waals surface area contributed by atoms with E-state index in [0.717, 1.165) is 0 Å². The van der Waals surface area contributed by atoms with Crippen LogP contribution in [-0.4, -0.2) is 28.6 Å². The normalized spacial score (nSPS) is 14.7. The minimum absolute atomic E-state index is 0.0532. The number of benzene rings is 2. The van der Waals surface area contributed by atoms with E-state index in [-0.39, 0.29) is 29.7 Å². The Morgan fingerprint density at radius 1 is 1.08 bits per heavy atom. The first kappa shape index (κ1) is 19.6. The molecule has 0 amide bonds. The minimum atomic E-state index is -0.701. The third-order valence-corrected chi connectivity index (χ3v) is 4.46. The summed E-state index contributed by atoms with van der Waals surface area (Å²) < 4.78 is 0. The van der Waals surface area contributed by atoms with Gasteiger partial charge in [-0.05, 0) is 43.5 Å². The van der Waals surface area contributed by atoms with Gasteiger partial charge < -0.3 is 10.4 Å². The van der Waals surface area contributed by atoms with Crippen molar-refractivity contribution in [2.75, 3.05) is 0 Å². The lowest BCUT2D eigenvalue weighted by Gasteiger charge is -2.32. The molecule has 0 aliphatic heterocycles. The third kappa shape index (κ3) is 5.65. The third-order valence-electron chi connectivity index (χ3n) is 4.46. The Balaban J connectivity index is 2.27. The molecule has 0 heterocycles. The molecule has 2 N–H and O–H groups in total. The number of aliphatic hydroxyl groups excluding tert-OH is 1. The molecule has 2 aromatic carbocycles. The van der Waals surface area contributed by atoms with E-state index in [1.54, 1.807) is 0 Å². The van der Waals surface area contributed by atoms with Crippen LogP contribution in [0, 0.1) is 5.92 Å². The highest BCUT2D eigenvalue weighted by atomic mass is 16.3. The van der Waals surface area contributed by atoms with Crippen LogP contribution in [-0.2, 0) is 11.2 Å². The quantitative estimate of drug-likeness (QED) is 0.796. The van der Waals surface area contributed by atoms with Gasteiger partial charge in [0.2, 0.25) is 0 Å². The second kappa shape index (κ2) is 8.11. The van der Waals surface area contributed by atoms with E-state index in [0.29, 0.717) is 6.42 Å². The summed E-state index contributed by atoms with van der Waals surface area (Å²) >= 11 is 0. The lowest BCUT2D eigenvalue weighted by molar-refractivity contribution is -0.124. The van der Waals surface area contributed by atoms with Crippen LogP contribution in [0.15, 0.2) is 42.5 Å². The van der Waals surface area contributed by atoms with Gasteiger partial charge in [0.15, 0.2) is 0 Å². The summed E-state index contributed by atoms with van der Waals surface area (Å²) in [6.07, 6.45) is 0.175. The summed E-state index contributed by atoms with van der Waals surface area (Å²) in [5.74, 6) is 0.0496. The highest BCUT2D eigenvalue weighted by molar-refractivity contribution is 5.85. The Kier molecular flexibility index (Phi) is 6.36. The molecule has 3 nitrogen and oxygen atoms in total. The molecule has 0 aromatic heterocycles. The molecule has 0 aliphatic rings. The Morgan fingerprint density at radius 2 is 1.72 bits per heavy atom. The maximum absolute atomic E-state index is 12.1. The Hall–Kier alpha value is -1.71. The van der Waals surface area contributed by atoms with Gasteiger partial charge >= 0.3 is 0 Å². The van der Waals surface area contributed by atoms with E-state index in [1.807, 2.05) is 26.0 Å². The molecule has 0 bridgehead atoms. The molecule has 0 saturated heterocycles. The standard InChI is InChI=1S/C22H31NO2/c1-15(2)20(24)14-21(25)19(23-22(3,4)5)13-17-11-8-10-16-9-6-7-12-18(16)17/h6-12,15,19,21,23,25H,13-14H2,1-5H3/t19-,21-/m0/s1. The molecule has 0 saturated carbocycles. The van der Waals surface area contributed by atoms with Gasteiger partial charge in [-0.3, -0.25) is 4.79 Å². The minimum Gasteiger partial charge on any atom is -0.391 e. The SMILES string of the molecule is CC(C)C(=O)C[C@H](O)[C@H](Cc1cccc2ccccc12)NC(C)(C)C. The Labute approximate surface area is 151 Å². The summed E-state index contributed by atoms with van der Waals surface area (Å²) in [7, 11) is 0. The van der Waals surface area contributed by atoms with Gasteiger partial charge in [0.05, 0.1) is 6.10 Å². The second-order valence-electron chi connectivity index (χ2n) is 8.24. The van der Waals surface area contributed by atoms with Crippen molar-refractivity contribution in [3.8, 4) is 0 Å². The smallest absolute Gasteiger partial charge is 0.138 e. The van der Waals surface area contributed by atoms with Gasteiger partial charge in [-0.2, -0.15) is 0 Å². The molecule has 0 radical (unpaired) electrons. The fraction of sp³-hybridized carbons (Fsp3) is 0.500. The number of carbonyl (C=O) groups is 1. The molecule has 25 heavy (non-hydrogen) atoms. The van der Waals surface area contributed by atoms with Crippen molar-refractivity contribution >= 4 is 16.6 Å². The molecule has 0 aliphatic carbocycles. The summed E-state index contributed by atoms with van der Waals surface area (Å²) in [4.78, 5) is 12.1. The number of nitrogens with one attached hydrogen (secondary N) is 1.